The number of carbonyl (C=O) groups is 2. The van der Waals surface area contributed by atoms with Crippen molar-refractivity contribution in [1.29, 1.82) is 0 Å². The van der Waals surface area contributed by atoms with Crippen LogP contribution < -0.4 is 10.6 Å². The molecule has 0 unspecified atom stereocenters. The number of rotatable bonds is 9. The van der Waals surface area contributed by atoms with Gasteiger partial charge >= 0.3 is 0 Å². The molecule has 0 aliphatic carbocycles. The third-order valence-electron chi connectivity index (χ3n) is 3.28. The first kappa shape index (κ1) is 19.9. The van der Waals surface area contributed by atoms with E-state index in [2.05, 4.69) is 10.6 Å². The van der Waals surface area contributed by atoms with E-state index in [0.29, 0.717) is 13.2 Å². The van der Waals surface area contributed by atoms with Gasteiger partial charge in [-0.3, -0.25) is 9.59 Å². The summed E-state index contributed by atoms with van der Waals surface area (Å²) < 4.78 is 5.89. The van der Waals surface area contributed by atoms with Crippen LogP contribution in [0.4, 0.5) is 0 Å². The third-order valence-corrected chi connectivity index (χ3v) is 3.28. The number of ether oxygens (including phenoxy) is 1. The zero-order valence-electron chi connectivity index (χ0n) is 14.6. The SMILES string of the molecule is CC(=O)NC(C)(C)CCOC(C)(C)CCNC(=O)C(C)C. The second-order valence-corrected chi connectivity index (χ2v) is 7.12. The van der Waals surface area contributed by atoms with Gasteiger partial charge in [-0.25, -0.2) is 0 Å². The summed E-state index contributed by atoms with van der Waals surface area (Å²) in [6, 6.07) is 0. The Kier molecular flexibility index (Phi) is 7.93. The number of hydrogen-bond acceptors (Lipinski definition) is 3. The van der Waals surface area contributed by atoms with Crippen molar-refractivity contribution in [3.05, 3.63) is 0 Å². The van der Waals surface area contributed by atoms with Crippen LogP contribution in [0.25, 0.3) is 0 Å². The van der Waals surface area contributed by atoms with Gasteiger partial charge in [-0.05, 0) is 40.5 Å². The van der Waals surface area contributed by atoms with Gasteiger partial charge in [0, 0.05) is 31.5 Å². The van der Waals surface area contributed by atoms with Crippen LogP contribution in [0, 0.1) is 5.92 Å². The molecule has 2 amide bonds. The van der Waals surface area contributed by atoms with Crippen molar-refractivity contribution in [2.24, 2.45) is 5.92 Å². The Labute approximate surface area is 129 Å². The highest BCUT2D eigenvalue weighted by Crippen LogP contribution is 2.17. The standard InChI is InChI=1S/C16H32N2O3/c1-12(2)14(20)17-10-8-16(6,7)21-11-9-15(4,5)18-13(3)19/h12H,8-11H2,1-7H3,(H,17,20)(H,18,19). The van der Waals surface area contributed by atoms with Crippen LogP contribution >= 0.6 is 0 Å². The predicted octanol–water partition coefficient (Wildman–Crippen LogP) is 2.25. The van der Waals surface area contributed by atoms with Crippen molar-refractivity contribution in [1.82, 2.24) is 10.6 Å². The van der Waals surface area contributed by atoms with Gasteiger partial charge in [-0.15, -0.1) is 0 Å². The number of nitrogens with one attached hydrogen (secondary N) is 2. The molecule has 0 aromatic rings. The molecular formula is C16H32N2O3. The van der Waals surface area contributed by atoms with E-state index >= 15 is 0 Å². The molecule has 2 N–H and O–H groups in total. The Bertz CT molecular complexity index is 349. The monoisotopic (exact) mass is 300 g/mol. The van der Waals surface area contributed by atoms with Crippen molar-refractivity contribution < 1.29 is 14.3 Å². The molecule has 0 fully saturated rings. The van der Waals surface area contributed by atoms with Crippen LogP contribution in [-0.2, 0) is 14.3 Å². The zero-order valence-corrected chi connectivity index (χ0v) is 14.6. The summed E-state index contributed by atoms with van der Waals surface area (Å²) in [4.78, 5) is 22.6. The summed E-state index contributed by atoms with van der Waals surface area (Å²) in [6.07, 6.45) is 1.50. The molecule has 0 atom stereocenters. The first-order valence-corrected chi connectivity index (χ1v) is 7.66. The fourth-order valence-electron chi connectivity index (χ4n) is 1.88. The van der Waals surface area contributed by atoms with E-state index in [1.54, 1.807) is 0 Å². The molecule has 5 nitrogen and oxygen atoms in total. The van der Waals surface area contributed by atoms with Crippen LogP contribution in [0.2, 0.25) is 0 Å². The van der Waals surface area contributed by atoms with Gasteiger partial charge in [-0.2, -0.15) is 0 Å². The summed E-state index contributed by atoms with van der Waals surface area (Å²) >= 11 is 0. The van der Waals surface area contributed by atoms with Crippen molar-refractivity contribution >= 4 is 11.8 Å². The molecule has 0 spiro atoms. The summed E-state index contributed by atoms with van der Waals surface area (Å²) in [7, 11) is 0. The molecule has 21 heavy (non-hydrogen) atoms. The fraction of sp³-hybridized carbons (Fsp3) is 0.875. The molecule has 0 aliphatic rings. The van der Waals surface area contributed by atoms with Crippen molar-refractivity contribution in [2.75, 3.05) is 13.2 Å². The Morgan fingerprint density at radius 3 is 2.14 bits per heavy atom. The zero-order chi connectivity index (χ0) is 16.7. The van der Waals surface area contributed by atoms with E-state index in [-0.39, 0.29) is 28.9 Å². The molecule has 124 valence electrons. The van der Waals surface area contributed by atoms with Crippen molar-refractivity contribution in [3.8, 4) is 0 Å². The highest BCUT2D eigenvalue weighted by molar-refractivity contribution is 5.77. The molecule has 0 saturated heterocycles. The topological polar surface area (TPSA) is 67.4 Å². The number of carbonyl (C=O) groups excluding carboxylic acids is 2. The van der Waals surface area contributed by atoms with Crippen LogP contribution in [0.5, 0.6) is 0 Å². The lowest BCUT2D eigenvalue weighted by atomic mass is 10.0. The highest BCUT2D eigenvalue weighted by atomic mass is 16.5. The van der Waals surface area contributed by atoms with Crippen LogP contribution in [0.15, 0.2) is 0 Å². The van der Waals surface area contributed by atoms with Crippen LogP contribution in [0.1, 0.15) is 61.3 Å². The van der Waals surface area contributed by atoms with E-state index in [1.165, 1.54) is 6.92 Å². The summed E-state index contributed by atoms with van der Waals surface area (Å²) in [5, 5.41) is 5.80. The van der Waals surface area contributed by atoms with E-state index in [4.69, 9.17) is 4.74 Å². The molecule has 0 saturated carbocycles. The normalized spacial score (nSPS) is 12.4. The largest absolute Gasteiger partial charge is 0.375 e. The summed E-state index contributed by atoms with van der Waals surface area (Å²) in [5.41, 5.74) is -0.565. The number of hydrogen-bond donors (Lipinski definition) is 2. The average molecular weight is 300 g/mol. The first-order chi connectivity index (χ1) is 9.45. The Balaban J connectivity index is 4.02. The van der Waals surface area contributed by atoms with Crippen LogP contribution in [-0.4, -0.2) is 36.1 Å². The fourth-order valence-corrected chi connectivity index (χ4v) is 1.88. The van der Waals surface area contributed by atoms with E-state index in [1.807, 2.05) is 41.5 Å². The number of amides is 2. The Hall–Kier alpha value is -1.10. The molecule has 0 aromatic carbocycles. The lowest BCUT2D eigenvalue weighted by Gasteiger charge is -2.30. The first-order valence-electron chi connectivity index (χ1n) is 7.66. The molecule has 0 aromatic heterocycles. The van der Waals surface area contributed by atoms with Gasteiger partial charge in [0.15, 0.2) is 0 Å². The van der Waals surface area contributed by atoms with Gasteiger partial charge in [0.05, 0.1) is 5.60 Å². The van der Waals surface area contributed by atoms with Gasteiger partial charge in [0.25, 0.3) is 0 Å². The third kappa shape index (κ3) is 10.3. The molecule has 5 heteroatoms. The minimum absolute atomic E-state index is 0.00693. The predicted molar refractivity (Wildman–Crippen MR) is 85.0 cm³/mol. The smallest absolute Gasteiger partial charge is 0.222 e. The van der Waals surface area contributed by atoms with Crippen molar-refractivity contribution in [2.45, 2.75) is 72.4 Å². The van der Waals surface area contributed by atoms with Gasteiger partial charge < -0.3 is 15.4 Å². The molecule has 0 bridgehead atoms. The lowest BCUT2D eigenvalue weighted by Crippen LogP contribution is -2.43. The Morgan fingerprint density at radius 2 is 1.67 bits per heavy atom. The summed E-state index contributed by atoms with van der Waals surface area (Å²) in [5.74, 6) is 0.0423. The Morgan fingerprint density at radius 1 is 1.10 bits per heavy atom. The molecule has 0 heterocycles. The maximum Gasteiger partial charge on any atom is 0.222 e. The minimum atomic E-state index is -0.295. The van der Waals surface area contributed by atoms with Gasteiger partial charge in [0.1, 0.15) is 0 Å². The lowest BCUT2D eigenvalue weighted by molar-refractivity contribution is -0.124. The minimum Gasteiger partial charge on any atom is -0.375 e. The second-order valence-electron chi connectivity index (χ2n) is 7.12. The van der Waals surface area contributed by atoms with E-state index < -0.39 is 0 Å². The van der Waals surface area contributed by atoms with E-state index in [0.717, 1.165) is 12.8 Å². The van der Waals surface area contributed by atoms with Crippen LogP contribution in [0.3, 0.4) is 0 Å². The molecule has 0 aliphatic heterocycles. The van der Waals surface area contributed by atoms with Crippen molar-refractivity contribution in [3.63, 3.8) is 0 Å². The van der Waals surface area contributed by atoms with Gasteiger partial charge in [-0.1, -0.05) is 13.8 Å². The maximum atomic E-state index is 11.5. The average Bonchev–Trinajstić information content (AvgIpc) is 2.25. The second kappa shape index (κ2) is 8.37. The highest BCUT2D eigenvalue weighted by Gasteiger charge is 2.22. The summed E-state index contributed by atoms with van der Waals surface area (Å²) in [6.45, 7) is 14.4. The van der Waals surface area contributed by atoms with E-state index in [9.17, 15) is 9.59 Å². The molecular weight excluding hydrogens is 268 g/mol. The van der Waals surface area contributed by atoms with Gasteiger partial charge in [0.2, 0.25) is 11.8 Å². The quantitative estimate of drug-likeness (QED) is 0.686. The molecule has 0 radical (unpaired) electrons. The molecule has 0 rings (SSSR count). The maximum absolute atomic E-state index is 11.5.